The monoisotopic (exact) mass is 247 g/mol. The summed E-state index contributed by atoms with van der Waals surface area (Å²) in [6.45, 7) is 2.59. The summed E-state index contributed by atoms with van der Waals surface area (Å²) < 4.78 is 26.0. The van der Waals surface area contributed by atoms with Crippen molar-refractivity contribution in [2.24, 2.45) is 5.92 Å². The van der Waals surface area contributed by atoms with Crippen LogP contribution in [-0.4, -0.2) is 40.5 Å². The summed E-state index contributed by atoms with van der Waals surface area (Å²) in [6, 6.07) is 0. The average Bonchev–Trinajstić information content (AvgIpc) is 2.54. The molecule has 1 aliphatic carbocycles. The first-order valence-electron chi connectivity index (χ1n) is 6.24. The van der Waals surface area contributed by atoms with Crippen molar-refractivity contribution in [3.63, 3.8) is 0 Å². The van der Waals surface area contributed by atoms with Gasteiger partial charge >= 0.3 is 0 Å². The van der Waals surface area contributed by atoms with E-state index in [9.17, 15) is 18.7 Å². The van der Waals surface area contributed by atoms with Crippen molar-refractivity contribution in [1.29, 1.82) is 0 Å². The molecule has 1 heterocycles. The Balaban J connectivity index is 1.84. The standard InChI is InChI=1S/C12H19F2NO2/c1-2-4-11(17)7-15(8-11)10(16)9-3-5-12(13,14)6-9/h9,17H,2-8H2,1H3. The van der Waals surface area contributed by atoms with Crippen LogP contribution in [0.4, 0.5) is 8.78 Å². The van der Waals surface area contributed by atoms with Gasteiger partial charge in [-0.05, 0) is 12.8 Å². The first-order chi connectivity index (χ1) is 7.85. The van der Waals surface area contributed by atoms with Gasteiger partial charge in [-0.25, -0.2) is 8.78 Å². The van der Waals surface area contributed by atoms with Crippen molar-refractivity contribution in [1.82, 2.24) is 4.90 Å². The second-order valence-corrected chi connectivity index (χ2v) is 5.46. The molecule has 1 N–H and O–H groups in total. The molecule has 1 unspecified atom stereocenters. The maximum Gasteiger partial charge on any atom is 0.248 e. The number of hydrogen-bond acceptors (Lipinski definition) is 2. The molecule has 0 bridgehead atoms. The quantitative estimate of drug-likeness (QED) is 0.826. The van der Waals surface area contributed by atoms with Crippen molar-refractivity contribution >= 4 is 5.91 Å². The lowest BCUT2D eigenvalue weighted by atomic mass is 9.88. The van der Waals surface area contributed by atoms with E-state index in [4.69, 9.17) is 0 Å². The number of amides is 1. The molecule has 2 fully saturated rings. The molecule has 1 saturated heterocycles. The minimum atomic E-state index is -2.68. The molecule has 1 aliphatic heterocycles. The van der Waals surface area contributed by atoms with Crippen molar-refractivity contribution in [2.45, 2.75) is 50.6 Å². The van der Waals surface area contributed by atoms with E-state index in [1.54, 1.807) is 0 Å². The second-order valence-electron chi connectivity index (χ2n) is 5.46. The molecular weight excluding hydrogens is 228 g/mol. The molecule has 3 nitrogen and oxygen atoms in total. The average molecular weight is 247 g/mol. The molecule has 0 radical (unpaired) electrons. The molecule has 0 spiro atoms. The minimum Gasteiger partial charge on any atom is -0.386 e. The number of carbonyl (C=O) groups excluding carboxylic acids is 1. The Bertz CT molecular complexity index is 314. The van der Waals surface area contributed by atoms with Gasteiger partial charge in [-0.3, -0.25) is 4.79 Å². The molecule has 1 amide bonds. The zero-order valence-electron chi connectivity index (χ0n) is 10.1. The fourth-order valence-electron chi connectivity index (χ4n) is 2.86. The van der Waals surface area contributed by atoms with E-state index in [2.05, 4.69) is 0 Å². The molecule has 0 aromatic rings. The number of halogens is 2. The molecule has 98 valence electrons. The molecule has 5 heteroatoms. The van der Waals surface area contributed by atoms with Gasteiger partial charge in [-0.15, -0.1) is 0 Å². The molecule has 1 saturated carbocycles. The normalized spacial score (nSPS) is 30.1. The predicted molar refractivity (Wildman–Crippen MR) is 58.7 cm³/mol. The number of nitrogens with zero attached hydrogens (tertiary/aromatic N) is 1. The Kier molecular flexibility index (Phi) is 3.14. The van der Waals surface area contributed by atoms with Gasteiger partial charge in [0.2, 0.25) is 11.8 Å². The van der Waals surface area contributed by atoms with Gasteiger partial charge in [0.15, 0.2) is 0 Å². The fraction of sp³-hybridized carbons (Fsp3) is 0.917. The Morgan fingerprint density at radius 2 is 2.12 bits per heavy atom. The van der Waals surface area contributed by atoms with Crippen LogP contribution >= 0.6 is 0 Å². The zero-order valence-corrected chi connectivity index (χ0v) is 10.1. The SMILES string of the molecule is CCCC1(O)CN(C(=O)C2CCC(F)(F)C2)C1. The van der Waals surface area contributed by atoms with Crippen LogP contribution in [0, 0.1) is 5.92 Å². The maximum absolute atomic E-state index is 13.0. The van der Waals surface area contributed by atoms with E-state index < -0.39 is 17.4 Å². The molecule has 1 atom stereocenters. The first kappa shape index (κ1) is 12.7. The summed E-state index contributed by atoms with van der Waals surface area (Å²) in [4.78, 5) is 13.4. The number of aliphatic hydroxyl groups is 1. The van der Waals surface area contributed by atoms with E-state index in [1.807, 2.05) is 6.92 Å². The molecule has 17 heavy (non-hydrogen) atoms. The van der Waals surface area contributed by atoms with Gasteiger partial charge in [-0.2, -0.15) is 0 Å². The van der Waals surface area contributed by atoms with Crippen molar-refractivity contribution in [3.05, 3.63) is 0 Å². The van der Waals surface area contributed by atoms with E-state index in [0.717, 1.165) is 6.42 Å². The Labute approximate surface area is 99.8 Å². The highest BCUT2D eigenvalue weighted by Crippen LogP contribution is 2.40. The first-order valence-corrected chi connectivity index (χ1v) is 6.24. The van der Waals surface area contributed by atoms with Crippen LogP contribution in [0.5, 0.6) is 0 Å². The van der Waals surface area contributed by atoms with E-state index in [0.29, 0.717) is 19.5 Å². The number of β-amino-alcohol motifs (C(OH)–C–C–N with tert-alkyl or cyclic N) is 1. The van der Waals surface area contributed by atoms with Crippen LogP contribution in [0.25, 0.3) is 0 Å². The molecule has 2 rings (SSSR count). The smallest absolute Gasteiger partial charge is 0.248 e. The summed E-state index contributed by atoms with van der Waals surface area (Å²) in [6.07, 6.45) is 1.29. The summed E-state index contributed by atoms with van der Waals surface area (Å²) in [5.41, 5.74) is -0.772. The van der Waals surface area contributed by atoms with E-state index in [-0.39, 0.29) is 25.2 Å². The van der Waals surface area contributed by atoms with Crippen LogP contribution < -0.4 is 0 Å². The van der Waals surface area contributed by atoms with Gasteiger partial charge in [0, 0.05) is 18.8 Å². The number of hydrogen-bond donors (Lipinski definition) is 1. The van der Waals surface area contributed by atoms with Crippen LogP contribution in [0.2, 0.25) is 0 Å². The van der Waals surface area contributed by atoms with Gasteiger partial charge in [0.05, 0.1) is 18.7 Å². The third-order valence-electron chi connectivity index (χ3n) is 3.75. The highest BCUT2D eigenvalue weighted by atomic mass is 19.3. The molecule has 0 aromatic carbocycles. The van der Waals surface area contributed by atoms with Gasteiger partial charge in [0.25, 0.3) is 0 Å². The van der Waals surface area contributed by atoms with Crippen LogP contribution in [0.3, 0.4) is 0 Å². The van der Waals surface area contributed by atoms with E-state index >= 15 is 0 Å². The van der Waals surface area contributed by atoms with Crippen LogP contribution in [0.15, 0.2) is 0 Å². The number of likely N-dealkylation sites (tertiary alicyclic amines) is 1. The lowest BCUT2D eigenvalue weighted by Crippen LogP contribution is -2.64. The van der Waals surface area contributed by atoms with Crippen molar-refractivity contribution < 1.29 is 18.7 Å². The summed E-state index contributed by atoms with van der Waals surface area (Å²) in [7, 11) is 0. The van der Waals surface area contributed by atoms with E-state index in [1.165, 1.54) is 4.90 Å². The predicted octanol–water partition coefficient (Wildman–Crippen LogP) is 1.80. The highest BCUT2D eigenvalue weighted by Gasteiger charge is 2.48. The third kappa shape index (κ3) is 2.59. The highest BCUT2D eigenvalue weighted by molar-refractivity contribution is 5.80. The van der Waals surface area contributed by atoms with Gasteiger partial charge in [0.1, 0.15) is 0 Å². The second kappa shape index (κ2) is 4.19. The Morgan fingerprint density at radius 1 is 1.47 bits per heavy atom. The largest absolute Gasteiger partial charge is 0.386 e. The topological polar surface area (TPSA) is 40.5 Å². The molecule has 0 aromatic heterocycles. The van der Waals surface area contributed by atoms with Gasteiger partial charge < -0.3 is 10.0 Å². The van der Waals surface area contributed by atoms with Gasteiger partial charge in [-0.1, -0.05) is 13.3 Å². The summed E-state index contributed by atoms with van der Waals surface area (Å²) in [5.74, 6) is -3.43. The summed E-state index contributed by atoms with van der Waals surface area (Å²) in [5, 5.41) is 9.93. The van der Waals surface area contributed by atoms with Crippen LogP contribution in [-0.2, 0) is 4.79 Å². The van der Waals surface area contributed by atoms with Crippen molar-refractivity contribution in [2.75, 3.05) is 13.1 Å². The zero-order chi connectivity index (χ0) is 12.7. The molecule has 2 aliphatic rings. The van der Waals surface area contributed by atoms with Crippen molar-refractivity contribution in [3.8, 4) is 0 Å². The lowest BCUT2D eigenvalue weighted by molar-refractivity contribution is -0.161. The fourth-order valence-corrected chi connectivity index (χ4v) is 2.86. The van der Waals surface area contributed by atoms with Crippen LogP contribution in [0.1, 0.15) is 39.0 Å². The lowest BCUT2D eigenvalue weighted by Gasteiger charge is -2.47. The Hall–Kier alpha value is -0.710. The Morgan fingerprint density at radius 3 is 2.59 bits per heavy atom. The summed E-state index contributed by atoms with van der Waals surface area (Å²) >= 11 is 0. The minimum absolute atomic E-state index is 0.184. The number of rotatable bonds is 3. The molecular formula is C12H19F2NO2. The third-order valence-corrected chi connectivity index (χ3v) is 3.75. The number of alkyl halides is 2. The number of carbonyl (C=O) groups is 1. The maximum atomic E-state index is 13.0.